The van der Waals surface area contributed by atoms with Crippen LogP contribution in [0, 0.1) is 17.1 Å². The first-order valence-electron chi connectivity index (χ1n) is 7.84. The number of aliphatic hydroxyl groups excluding tert-OH is 1. The van der Waals surface area contributed by atoms with E-state index in [1.54, 1.807) is 0 Å². The molecule has 1 aliphatic rings. The van der Waals surface area contributed by atoms with Crippen molar-refractivity contribution in [2.45, 2.75) is 32.0 Å². The van der Waals surface area contributed by atoms with E-state index in [1.807, 2.05) is 6.07 Å². The number of aromatic nitrogens is 2. The molecule has 2 aromatic rings. The van der Waals surface area contributed by atoms with E-state index in [1.165, 1.54) is 28.8 Å². The molecule has 0 spiro atoms. The molecule has 0 saturated carbocycles. The van der Waals surface area contributed by atoms with Gasteiger partial charge in [-0.1, -0.05) is 0 Å². The second-order valence-corrected chi connectivity index (χ2v) is 5.81. The molecule has 7 nitrogen and oxygen atoms in total. The van der Waals surface area contributed by atoms with E-state index in [2.05, 4.69) is 0 Å². The third-order valence-corrected chi connectivity index (χ3v) is 4.09. The Morgan fingerprint density at radius 3 is 2.72 bits per heavy atom. The lowest BCUT2D eigenvalue weighted by molar-refractivity contribution is 0.0899. The minimum Gasteiger partial charge on any atom is -0.491 e. The predicted molar refractivity (Wildman–Crippen MR) is 85.9 cm³/mol. The van der Waals surface area contributed by atoms with Crippen molar-refractivity contribution in [1.29, 1.82) is 5.26 Å². The number of nitrogens with zero attached hydrogens (tertiary/aromatic N) is 3. The van der Waals surface area contributed by atoms with Crippen LogP contribution in [0.4, 0.5) is 4.39 Å². The molecular weight excluding hydrogens is 329 g/mol. The van der Waals surface area contributed by atoms with Crippen molar-refractivity contribution < 1.29 is 14.2 Å². The van der Waals surface area contributed by atoms with Gasteiger partial charge >= 0.3 is 5.69 Å². The second-order valence-electron chi connectivity index (χ2n) is 5.81. The number of aliphatic hydroxyl groups is 1. The van der Waals surface area contributed by atoms with Crippen molar-refractivity contribution in [3.63, 3.8) is 0 Å². The van der Waals surface area contributed by atoms with Gasteiger partial charge in [-0.2, -0.15) is 5.26 Å². The molecule has 1 atom stereocenters. The highest BCUT2D eigenvalue weighted by Gasteiger charge is 2.23. The van der Waals surface area contributed by atoms with Gasteiger partial charge < -0.3 is 9.84 Å². The standard InChI is InChI=1S/C17H16FN3O4/c18-11-3-5-13(6-4-11)25-10-12(22)9-21-16(23)14(8-19)15-2-1-7-20(15)17(21)24/h3-6,12,22H,1-2,7,9-10H2/t12-/m1/s1. The number of benzene rings is 1. The summed E-state index contributed by atoms with van der Waals surface area (Å²) in [6.07, 6.45) is 0.0793. The average Bonchev–Trinajstić information content (AvgIpc) is 3.08. The lowest BCUT2D eigenvalue weighted by atomic mass is 10.2. The Kier molecular flexibility index (Phi) is 4.67. The molecule has 0 aliphatic carbocycles. The summed E-state index contributed by atoms with van der Waals surface area (Å²) in [7, 11) is 0. The fraction of sp³-hybridized carbons (Fsp3) is 0.353. The predicted octanol–water partition coefficient (Wildman–Crippen LogP) is 0.407. The number of ether oxygens (including phenoxy) is 1. The molecule has 1 aromatic heterocycles. The maximum absolute atomic E-state index is 12.8. The SMILES string of the molecule is N#Cc1c2n(c(=O)n(C[C@@H](O)COc3ccc(F)cc3)c1=O)CCC2. The molecule has 0 unspecified atom stereocenters. The summed E-state index contributed by atoms with van der Waals surface area (Å²) in [5.41, 5.74) is -0.812. The largest absolute Gasteiger partial charge is 0.491 e. The third kappa shape index (κ3) is 3.32. The van der Waals surface area contributed by atoms with E-state index in [0.717, 1.165) is 4.57 Å². The van der Waals surface area contributed by atoms with Crippen molar-refractivity contribution in [1.82, 2.24) is 9.13 Å². The van der Waals surface area contributed by atoms with Crippen LogP contribution < -0.4 is 16.0 Å². The van der Waals surface area contributed by atoms with Gasteiger partial charge in [0.25, 0.3) is 5.56 Å². The number of nitriles is 1. The van der Waals surface area contributed by atoms with Crippen LogP contribution in [0.15, 0.2) is 33.9 Å². The van der Waals surface area contributed by atoms with E-state index in [4.69, 9.17) is 4.74 Å². The van der Waals surface area contributed by atoms with Gasteiger partial charge in [0.05, 0.1) is 6.54 Å². The van der Waals surface area contributed by atoms with Crippen LogP contribution in [0.25, 0.3) is 0 Å². The van der Waals surface area contributed by atoms with Gasteiger partial charge in [-0.25, -0.2) is 9.18 Å². The quantitative estimate of drug-likeness (QED) is 0.846. The molecule has 130 valence electrons. The van der Waals surface area contributed by atoms with E-state index < -0.39 is 23.2 Å². The molecule has 1 aromatic carbocycles. The van der Waals surface area contributed by atoms with Crippen LogP contribution in [-0.2, 0) is 19.5 Å². The summed E-state index contributed by atoms with van der Waals surface area (Å²) >= 11 is 0. The average molecular weight is 345 g/mol. The summed E-state index contributed by atoms with van der Waals surface area (Å²) < 4.78 is 20.4. The van der Waals surface area contributed by atoms with Gasteiger partial charge in [-0.3, -0.25) is 13.9 Å². The molecule has 1 aliphatic heterocycles. The van der Waals surface area contributed by atoms with Crippen LogP contribution in [0.3, 0.4) is 0 Å². The normalized spacial score (nSPS) is 14.0. The first-order chi connectivity index (χ1) is 12.0. The molecule has 8 heteroatoms. The van der Waals surface area contributed by atoms with Gasteiger partial charge in [0.1, 0.15) is 35.9 Å². The van der Waals surface area contributed by atoms with E-state index in [-0.39, 0.29) is 18.7 Å². The van der Waals surface area contributed by atoms with Crippen LogP contribution in [0.5, 0.6) is 5.75 Å². The highest BCUT2D eigenvalue weighted by Crippen LogP contribution is 2.14. The molecule has 0 radical (unpaired) electrons. The molecule has 2 heterocycles. The summed E-state index contributed by atoms with van der Waals surface area (Å²) in [6.45, 7) is -0.0136. The van der Waals surface area contributed by atoms with E-state index in [0.29, 0.717) is 30.8 Å². The fourth-order valence-electron chi connectivity index (χ4n) is 2.90. The van der Waals surface area contributed by atoms with E-state index in [9.17, 15) is 24.3 Å². The molecule has 1 N–H and O–H groups in total. The molecule has 0 amide bonds. The van der Waals surface area contributed by atoms with E-state index >= 15 is 0 Å². The highest BCUT2D eigenvalue weighted by atomic mass is 19.1. The summed E-state index contributed by atoms with van der Waals surface area (Å²) in [6, 6.07) is 7.12. The lowest BCUT2D eigenvalue weighted by Crippen LogP contribution is -2.44. The number of hydrogen-bond donors (Lipinski definition) is 1. The van der Waals surface area contributed by atoms with Crippen molar-refractivity contribution >= 4 is 0 Å². The smallest absolute Gasteiger partial charge is 0.331 e. The minimum absolute atomic E-state index is 0.0521. The van der Waals surface area contributed by atoms with Gasteiger partial charge in [-0.05, 0) is 37.1 Å². The zero-order valence-electron chi connectivity index (χ0n) is 13.3. The van der Waals surface area contributed by atoms with Crippen LogP contribution in [0.1, 0.15) is 17.7 Å². The van der Waals surface area contributed by atoms with Crippen LogP contribution in [0.2, 0.25) is 0 Å². The Bertz CT molecular complexity index is 941. The molecule has 3 rings (SSSR count). The van der Waals surface area contributed by atoms with Gasteiger partial charge in [0.15, 0.2) is 0 Å². The van der Waals surface area contributed by atoms with Crippen molar-refractivity contribution in [3.05, 3.63) is 62.2 Å². The maximum atomic E-state index is 12.8. The summed E-state index contributed by atoms with van der Waals surface area (Å²) in [5, 5.41) is 19.3. The van der Waals surface area contributed by atoms with Crippen molar-refractivity contribution in [2.75, 3.05) is 6.61 Å². The zero-order chi connectivity index (χ0) is 18.0. The number of hydrogen-bond acceptors (Lipinski definition) is 5. The Morgan fingerprint density at radius 2 is 2.04 bits per heavy atom. The molecule has 25 heavy (non-hydrogen) atoms. The fourth-order valence-corrected chi connectivity index (χ4v) is 2.90. The monoisotopic (exact) mass is 345 g/mol. The molecule has 0 saturated heterocycles. The molecule has 0 bridgehead atoms. The summed E-state index contributed by atoms with van der Waals surface area (Å²) in [5.74, 6) is -0.0502. The van der Waals surface area contributed by atoms with Gasteiger partial charge in [0.2, 0.25) is 0 Å². The summed E-state index contributed by atoms with van der Waals surface area (Å²) in [4.78, 5) is 24.8. The third-order valence-electron chi connectivity index (χ3n) is 4.09. The van der Waals surface area contributed by atoms with Crippen LogP contribution in [-0.4, -0.2) is 27.0 Å². The molecular formula is C17H16FN3O4. The van der Waals surface area contributed by atoms with Crippen molar-refractivity contribution in [3.8, 4) is 11.8 Å². The zero-order valence-corrected chi connectivity index (χ0v) is 13.3. The second kappa shape index (κ2) is 6.91. The Balaban J connectivity index is 1.79. The first kappa shape index (κ1) is 16.9. The van der Waals surface area contributed by atoms with Crippen molar-refractivity contribution in [2.24, 2.45) is 0 Å². The Labute approximate surface area is 142 Å². The number of halogens is 1. The van der Waals surface area contributed by atoms with Gasteiger partial charge in [0, 0.05) is 12.2 Å². The topological polar surface area (TPSA) is 97.2 Å². The highest BCUT2D eigenvalue weighted by molar-refractivity contribution is 5.32. The number of fused-ring (bicyclic) bond motifs is 1. The lowest BCUT2D eigenvalue weighted by Gasteiger charge is -2.15. The minimum atomic E-state index is -1.14. The van der Waals surface area contributed by atoms with Gasteiger partial charge in [-0.15, -0.1) is 0 Å². The Morgan fingerprint density at radius 1 is 1.32 bits per heavy atom. The maximum Gasteiger partial charge on any atom is 0.331 e. The number of rotatable bonds is 5. The van der Waals surface area contributed by atoms with Crippen LogP contribution >= 0.6 is 0 Å². The Hall–Kier alpha value is -2.92. The molecule has 0 fully saturated rings. The first-order valence-corrected chi connectivity index (χ1v) is 7.84.